The van der Waals surface area contributed by atoms with Gasteiger partial charge in [-0.2, -0.15) is 0 Å². The lowest BCUT2D eigenvalue weighted by atomic mass is 10.1. The Morgan fingerprint density at radius 2 is 2.17 bits per heavy atom. The molecule has 0 aliphatic carbocycles. The van der Waals surface area contributed by atoms with E-state index in [-0.39, 0.29) is 18.1 Å². The van der Waals surface area contributed by atoms with Crippen molar-refractivity contribution in [2.75, 3.05) is 23.4 Å². The lowest BCUT2D eigenvalue weighted by molar-refractivity contribution is -0.121. The number of nitrogens with one attached hydrogen (secondary N) is 1. The second-order valence-corrected chi connectivity index (χ2v) is 7.38. The van der Waals surface area contributed by atoms with E-state index in [0.29, 0.717) is 23.1 Å². The smallest absolute Gasteiger partial charge is 0.265 e. The summed E-state index contributed by atoms with van der Waals surface area (Å²) in [5, 5.41) is 4.91. The van der Waals surface area contributed by atoms with Crippen molar-refractivity contribution in [2.24, 2.45) is 0 Å². The Labute approximate surface area is 171 Å². The van der Waals surface area contributed by atoms with Crippen LogP contribution in [0.4, 0.5) is 15.2 Å². The molecule has 2 aromatic carbocycles. The normalized spacial score (nSPS) is 13.0. The van der Waals surface area contributed by atoms with E-state index >= 15 is 0 Å². The van der Waals surface area contributed by atoms with Gasteiger partial charge in [-0.1, -0.05) is 13.0 Å². The number of anilines is 2. The molecule has 6 nitrogen and oxygen atoms in total. The molecular formula is C21H18FN3O3S. The van der Waals surface area contributed by atoms with Crippen LogP contribution < -0.4 is 15.0 Å². The van der Waals surface area contributed by atoms with Crippen LogP contribution in [-0.4, -0.2) is 29.9 Å². The molecule has 0 spiro atoms. The number of amides is 2. The number of ether oxygens (including phenoxy) is 1. The maximum Gasteiger partial charge on any atom is 0.265 e. The largest absolute Gasteiger partial charge is 0.482 e. The standard InChI is InChI=1S/C21H18FN3O3S/c1-2-8-25-17-10-13(6-7-18(17)28-11-19(25)26)16-12-29-21(23-16)24-20(27)14-4-3-5-15(22)9-14/h3-7,9-10,12H,2,8,11H2,1H3,(H,23,24,27). The molecule has 148 valence electrons. The SMILES string of the molecule is CCCN1C(=O)COc2ccc(-c3csc(NC(=O)c4cccc(F)c4)n3)cc21. The molecule has 1 aliphatic rings. The van der Waals surface area contributed by atoms with Crippen molar-refractivity contribution in [1.82, 2.24) is 4.98 Å². The molecule has 0 saturated carbocycles. The van der Waals surface area contributed by atoms with Gasteiger partial charge in [0.15, 0.2) is 11.7 Å². The molecule has 1 aromatic heterocycles. The number of rotatable bonds is 5. The molecule has 0 atom stereocenters. The second kappa shape index (κ2) is 8.00. The zero-order valence-electron chi connectivity index (χ0n) is 15.6. The summed E-state index contributed by atoms with van der Waals surface area (Å²) in [4.78, 5) is 30.7. The fraction of sp³-hybridized carbons (Fsp3) is 0.190. The third-order valence-electron chi connectivity index (χ3n) is 4.46. The monoisotopic (exact) mass is 411 g/mol. The van der Waals surface area contributed by atoms with Crippen LogP contribution in [0.5, 0.6) is 5.75 Å². The van der Waals surface area contributed by atoms with E-state index in [0.717, 1.165) is 17.7 Å². The number of thiazole rings is 1. The molecule has 0 fully saturated rings. The average molecular weight is 411 g/mol. The molecule has 0 radical (unpaired) electrons. The van der Waals surface area contributed by atoms with Crippen molar-refractivity contribution < 1.29 is 18.7 Å². The van der Waals surface area contributed by atoms with Crippen LogP contribution in [0, 0.1) is 5.82 Å². The van der Waals surface area contributed by atoms with E-state index in [1.54, 1.807) is 4.90 Å². The summed E-state index contributed by atoms with van der Waals surface area (Å²) in [6.07, 6.45) is 0.836. The number of fused-ring (bicyclic) bond motifs is 1. The maximum absolute atomic E-state index is 13.3. The Balaban J connectivity index is 1.57. The zero-order valence-corrected chi connectivity index (χ0v) is 16.5. The first-order valence-electron chi connectivity index (χ1n) is 9.15. The van der Waals surface area contributed by atoms with Crippen LogP contribution in [0.15, 0.2) is 47.8 Å². The minimum atomic E-state index is -0.472. The number of benzene rings is 2. The van der Waals surface area contributed by atoms with Gasteiger partial charge in [0, 0.05) is 23.1 Å². The highest BCUT2D eigenvalue weighted by Crippen LogP contribution is 2.36. The van der Waals surface area contributed by atoms with Crippen LogP contribution in [0.2, 0.25) is 0 Å². The van der Waals surface area contributed by atoms with Gasteiger partial charge in [-0.25, -0.2) is 9.37 Å². The van der Waals surface area contributed by atoms with E-state index in [2.05, 4.69) is 10.3 Å². The first kappa shape index (κ1) is 19.1. The molecule has 29 heavy (non-hydrogen) atoms. The van der Waals surface area contributed by atoms with Gasteiger partial charge in [0.25, 0.3) is 11.8 Å². The van der Waals surface area contributed by atoms with Crippen molar-refractivity contribution in [1.29, 1.82) is 0 Å². The number of halogens is 1. The van der Waals surface area contributed by atoms with Gasteiger partial charge in [-0.15, -0.1) is 11.3 Å². The van der Waals surface area contributed by atoms with Crippen LogP contribution >= 0.6 is 11.3 Å². The highest BCUT2D eigenvalue weighted by atomic mass is 32.1. The summed E-state index contributed by atoms with van der Waals surface area (Å²) in [7, 11) is 0. The summed E-state index contributed by atoms with van der Waals surface area (Å²) < 4.78 is 18.8. The van der Waals surface area contributed by atoms with E-state index in [1.165, 1.54) is 35.6 Å². The molecule has 3 aromatic rings. The van der Waals surface area contributed by atoms with E-state index in [4.69, 9.17) is 4.74 Å². The van der Waals surface area contributed by atoms with E-state index < -0.39 is 11.7 Å². The molecule has 2 heterocycles. The van der Waals surface area contributed by atoms with Crippen LogP contribution in [0.1, 0.15) is 23.7 Å². The molecule has 0 unspecified atom stereocenters. The van der Waals surface area contributed by atoms with Gasteiger partial charge >= 0.3 is 0 Å². The zero-order chi connectivity index (χ0) is 20.4. The predicted octanol–water partition coefficient (Wildman–Crippen LogP) is 4.34. The fourth-order valence-corrected chi connectivity index (χ4v) is 3.81. The summed E-state index contributed by atoms with van der Waals surface area (Å²) >= 11 is 1.27. The van der Waals surface area contributed by atoms with Crippen molar-refractivity contribution in [3.63, 3.8) is 0 Å². The Morgan fingerprint density at radius 1 is 1.31 bits per heavy atom. The number of hydrogen-bond acceptors (Lipinski definition) is 5. The second-order valence-electron chi connectivity index (χ2n) is 6.52. The Morgan fingerprint density at radius 3 is 2.97 bits per heavy atom. The van der Waals surface area contributed by atoms with Crippen LogP contribution in [-0.2, 0) is 4.79 Å². The lowest BCUT2D eigenvalue weighted by Crippen LogP contribution is -2.39. The summed E-state index contributed by atoms with van der Waals surface area (Å²) in [6.45, 7) is 2.67. The topological polar surface area (TPSA) is 71.5 Å². The van der Waals surface area contributed by atoms with Gasteiger partial charge < -0.3 is 9.64 Å². The number of aromatic nitrogens is 1. The number of carbonyl (C=O) groups excluding carboxylic acids is 2. The first-order valence-corrected chi connectivity index (χ1v) is 10.0. The highest BCUT2D eigenvalue weighted by Gasteiger charge is 2.25. The molecule has 1 aliphatic heterocycles. The summed E-state index contributed by atoms with van der Waals surface area (Å²) in [5.41, 5.74) is 2.42. The van der Waals surface area contributed by atoms with Crippen molar-refractivity contribution in [2.45, 2.75) is 13.3 Å². The molecule has 0 bridgehead atoms. The van der Waals surface area contributed by atoms with Gasteiger partial charge in [0.05, 0.1) is 11.4 Å². The third-order valence-corrected chi connectivity index (χ3v) is 5.21. The van der Waals surface area contributed by atoms with Crippen LogP contribution in [0.25, 0.3) is 11.3 Å². The quantitative estimate of drug-likeness (QED) is 0.678. The Kier molecular flexibility index (Phi) is 5.26. The van der Waals surface area contributed by atoms with Gasteiger partial charge in [0.2, 0.25) is 0 Å². The third kappa shape index (κ3) is 3.97. The molecule has 2 amide bonds. The van der Waals surface area contributed by atoms with Crippen molar-refractivity contribution in [3.05, 3.63) is 59.2 Å². The fourth-order valence-electron chi connectivity index (χ4n) is 3.09. The maximum atomic E-state index is 13.3. The average Bonchev–Trinajstić information content (AvgIpc) is 3.18. The Bertz CT molecular complexity index is 1080. The number of nitrogens with zero attached hydrogens (tertiary/aromatic N) is 2. The molecular weight excluding hydrogens is 393 g/mol. The summed E-state index contributed by atoms with van der Waals surface area (Å²) in [5.74, 6) is -0.307. The molecule has 1 N–H and O–H groups in total. The van der Waals surface area contributed by atoms with Gasteiger partial charge in [-0.3, -0.25) is 14.9 Å². The minimum absolute atomic E-state index is 0.0410. The highest BCUT2D eigenvalue weighted by molar-refractivity contribution is 7.14. The predicted molar refractivity (Wildman–Crippen MR) is 110 cm³/mol. The lowest BCUT2D eigenvalue weighted by Gasteiger charge is -2.29. The van der Waals surface area contributed by atoms with Gasteiger partial charge in [-0.05, 0) is 42.8 Å². The van der Waals surface area contributed by atoms with Crippen LogP contribution in [0.3, 0.4) is 0 Å². The molecule has 0 saturated heterocycles. The number of carbonyl (C=O) groups is 2. The van der Waals surface area contributed by atoms with E-state index in [1.807, 2.05) is 30.5 Å². The number of hydrogen-bond donors (Lipinski definition) is 1. The Hall–Kier alpha value is -3.26. The van der Waals surface area contributed by atoms with E-state index in [9.17, 15) is 14.0 Å². The van der Waals surface area contributed by atoms with Crippen molar-refractivity contribution in [3.8, 4) is 17.0 Å². The van der Waals surface area contributed by atoms with Gasteiger partial charge in [0.1, 0.15) is 11.6 Å². The molecule has 8 heteroatoms. The summed E-state index contributed by atoms with van der Waals surface area (Å²) in [6, 6.07) is 11.0. The minimum Gasteiger partial charge on any atom is -0.482 e. The first-order chi connectivity index (χ1) is 14.0. The molecule has 4 rings (SSSR count). The van der Waals surface area contributed by atoms with Crippen molar-refractivity contribution >= 4 is 34.0 Å².